The number of fused-ring (bicyclic) bond motifs is 2. The Labute approximate surface area is 188 Å². The Balaban J connectivity index is 1.19. The molecule has 2 aromatic rings. The van der Waals surface area contributed by atoms with Crippen LogP contribution in [0.4, 0.5) is 10.2 Å². The molecule has 3 aliphatic rings. The van der Waals surface area contributed by atoms with E-state index in [1.807, 2.05) is 23.1 Å². The Morgan fingerprint density at radius 3 is 2.81 bits per heavy atom. The van der Waals surface area contributed by atoms with Crippen LogP contribution < -0.4 is 10.2 Å². The maximum atomic E-state index is 13.6. The molecule has 2 unspecified atom stereocenters. The lowest BCUT2D eigenvalue weighted by Crippen LogP contribution is -2.56. The van der Waals surface area contributed by atoms with Gasteiger partial charge in [0.2, 0.25) is 5.91 Å². The van der Waals surface area contributed by atoms with E-state index in [9.17, 15) is 9.18 Å². The summed E-state index contributed by atoms with van der Waals surface area (Å²) in [7, 11) is 0. The zero-order valence-electron chi connectivity index (χ0n) is 18.3. The first-order valence-electron chi connectivity index (χ1n) is 11.4. The van der Waals surface area contributed by atoms with Crippen LogP contribution in [0.3, 0.4) is 0 Å². The number of likely N-dealkylation sites (tertiary alicyclic amines) is 1. The molecule has 5 rings (SSSR count). The van der Waals surface area contributed by atoms with Crippen LogP contribution >= 0.6 is 0 Å². The summed E-state index contributed by atoms with van der Waals surface area (Å²) < 4.78 is 13.6. The number of pyridine rings is 1. The monoisotopic (exact) mass is 433 g/mol. The topological polar surface area (TPSA) is 72.3 Å². The molecule has 2 aliphatic heterocycles. The number of nitriles is 1. The molecule has 3 fully saturated rings. The van der Waals surface area contributed by atoms with E-state index in [0.717, 1.165) is 30.6 Å². The van der Waals surface area contributed by atoms with Crippen LogP contribution in [0.2, 0.25) is 0 Å². The maximum absolute atomic E-state index is 13.6. The van der Waals surface area contributed by atoms with Gasteiger partial charge in [-0.05, 0) is 55.0 Å². The van der Waals surface area contributed by atoms with Gasteiger partial charge in [0.25, 0.3) is 0 Å². The van der Waals surface area contributed by atoms with E-state index in [-0.39, 0.29) is 29.3 Å². The second-order valence-corrected chi connectivity index (χ2v) is 9.43. The van der Waals surface area contributed by atoms with E-state index in [0.29, 0.717) is 37.5 Å². The van der Waals surface area contributed by atoms with Gasteiger partial charge in [0, 0.05) is 43.8 Å². The quantitative estimate of drug-likeness (QED) is 0.758. The SMILES string of the molecule is C[C@H]1CC2CN(C(=O)CCNC3(c4cccc(F)c4)CC3)CC1N2c1ccc(C#N)cn1. The van der Waals surface area contributed by atoms with Gasteiger partial charge in [-0.2, -0.15) is 5.26 Å². The highest BCUT2D eigenvalue weighted by Crippen LogP contribution is 2.45. The molecule has 1 aromatic carbocycles. The number of anilines is 1. The number of hydrogen-bond acceptors (Lipinski definition) is 5. The first-order chi connectivity index (χ1) is 15.5. The standard InChI is InChI=1S/C25H28FN5O/c1-17-11-21-15-30(16-22(17)31(21)23-6-5-18(13-27)14-28-23)24(32)7-10-29-25(8-9-25)19-3-2-4-20(26)12-19/h2-6,12,14,17,21-22,29H,7-11,15-16H2,1H3/t17-,21?,22?/m0/s1. The number of amides is 1. The van der Waals surface area contributed by atoms with Crippen molar-refractivity contribution in [2.45, 2.75) is 50.2 Å². The number of hydrogen-bond donors (Lipinski definition) is 1. The Morgan fingerprint density at radius 2 is 2.16 bits per heavy atom. The number of piperazine rings is 1. The normalized spacial score (nSPS) is 25.5. The van der Waals surface area contributed by atoms with Crippen LogP contribution in [0, 0.1) is 23.1 Å². The summed E-state index contributed by atoms with van der Waals surface area (Å²) >= 11 is 0. The molecule has 1 N–H and O–H groups in total. The van der Waals surface area contributed by atoms with Crippen LogP contribution in [0.15, 0.2) is 42.6 Å². The molecule has 2 bridgehead atoms. The highest BCUT2D eigenvalue weighted by molar-refractivity contribution is 5.77. The summed E-state index contributed by atoms with van der Waals surface area (Å²) in [6, 6.07) is 13.1. The molecule has 0 radical (unpaired) electrons. The molecular formula is C25H28FN5O. The smallest absolute Gasteiger partial charge is 0.223 e. The highest BCUT2D eigenvalue weighted by Gasteiger charge is 2.46. The summed E-state index contributed by atoms with van der Waals surface area (Å²) in [5, 5.41) is 12.5. The van der Waals surface area contributed by atoms with Crippen LogP contribution in [0.5, 0.6) is 0 Å². The minimum Gasteiger partial charge on any atom is -0.347 e. The zero-order valence-corrected chi connectivity index (χ0v) is 18.3. The molecular weight excluding hydrogens is 405 g/mol. The minimum absolute atomic E-state index is 0.170. The summed E-state index contributed by atoms with van der Waals surface area (Å²) in [6.45, 7) is 4.24. The minimum atomic E-state index is -0.217. The summed E-state index contributed by atoms with van der Waals surface area (Å²) in [6.07, 6.45) is 5.05. The summed E-state index contributed by atoms with van der Waals surface area (Å²) in [4.78, 5) is 21.8. The Morgan fingerprint density at radius 1 is 1.31 bits per heavy atom. The summed E-state index contributed by atoms with van der Waals surface area (Å²) in [5.74, 6) is 1.33. The van der Waals surface area contributed by atoms with Crippen molar-refractivity contribution < 1.29 is 9.18 Å². The fourth-order valence-electron chi connectivity index (χ4n) is 5.44. The first-order valence-corrected chi connectivity index (χ1v) is 11.4. The van der Waals surface area contributed by atoms with Crippen molar-refractivity contribution in [2.75, 3.05) is 24.5 Å². The second-order valence-electron chi connectivity index (χ2n) is 9.43. The Kier molecular flexibility index (Phi) is 5.34. The predicted octanol–water partition coefficient (Wildman–Crippen LogP) is 3.19. The van der Waals surface area contributed by atoms with E-state index in [4.69, 9.17) is 5.26 Å². The Bertz CT molecular complexity index is 1050. The second kappa shape index (κ2) is 8.18. The molecule has 6 nitrogen and oxygen atoms in total. The van der Waals surface area contributed by atoms with Gasteiger partial charge in [-0.1, -0.05) is 19.1 Å². The zero-order chi connectivity index (χ0) is 22.3. The molecule has 1 saturated carbocycles. The van der Waals surface area contributed by atoms with E-state index in [1.165, 1.54) is 6.07 Å². The molecule has 32 heavy (non-hydrogen) atoms. The third-order valence-electron chi connectivity index (χ3n) is 7.31. The molecule has 2 saturated heterocycles. The van der Waals surface area contributed by atoms with Crippen LogP contribution in [0.1, 0.15) is 43.7 Å². The molecule has 1 amide bonds. The fourth-order valence-corrected chi connectivity index (χ4v) is 5.44. The van der Waals surface area contributed by atoms with Crippen molar-refractivity contribution in [1.29, 1.82) is 5.26 Å². The van der Waals surface area contributed by atoms with Gasteiger partial charge in [0.15, 0.2) is 0 Å². The molecule has 3 atom stereocenters. The number of nitrogens with zero attached hydrogens (tertiary/aromatic N) is 4. The van der Waals surface area contributed by atoms with Gasteiger partial charge in [-0.3, -0.25) is 4.79 Å². The van der Waals surface area contributed by atoms with Gasteiger partial charge in [0.05, 0.1) is 11.6 Å². The molecule has 7 heteroatoms. The van der Waals surface area contributed by atoms with Gasteiger partial charge in [-0.15, -0.1) is 0 Å². The van der Waals surface area contributed by atoms with Gasteiger partial charge in [0.1, 0.15) is 17.7 Å². The average Bonchev–Trinajstić information content (AvgIpc) is 3.56. The van der Waals surface area contributed by atoms with Crippen molar-refractivity contribution in [1.82, 2.24) is 15.2 Å². The number of rotatable bonds is 6. The fraction of sp³-hybridized carbons (Fsp3) is 0.480. The highest BCUT2D eigenvalue weighted by atomic mass is 19.1. The van der Waals surface area contributed by atoms with Gasteiger partial charge < -0.3 is 15.1 Å². The third-order valence-corrected chi connectivity index (χ3v) is 7.31. The third kappa shape index (κ3) is 3.84. The number of halogens is 1. The lowest BCUT2D eigenvalue weighted by atomic mass is 10.0. The van der Waals surface area contributed by atoms with Crippen LogP contribution in [0.25, 0.3) is 0 Å². The van der Waals surface area contributed by atoms with Crippen molar-refractivity contribution in [2.24, 2.45) is 5.92 Å². The molecule has 1 aromatic heterocycles. The average molecular weight is 434 g/mol. The van der Waals surface area contributed by atoms with E-state index in [1.54, 1.807) is 18.3 Å². The maximum Gasteiger partial charge on any atom is 0.223 e. The van der Waals surface area contributed by atoms with Gasteiger partial charge in [-0.25, -0.2) is 9.37 Å². The number of carbonyl (C=O) groups excluding carboxylic acids is 1. The van der Waals surface area contributed by atoms with Gasteiger partial charge >= 0.3 is 0 Å². The van der Waals surface area contributed by atoms with Crippen molar-refractivity contribution in [3.05, 3.63) is 59.5 Å². The number of aromatic nitrogens is 1. The molecule has 1 aliphatic carbocycles. The number of benzene rings is 1. The molecule has 3 heterocycles. The van der Waals surface area contributed by atoms with Crippen molar-refractivity contribution in [3.8, 4) is 6.07 Å². The predicted molar refractivity (Wildman–Crippen MR) is 119 cm³/mol. The first kappa shape index (κ1) is 20.9. The summed E-state index contributed by atoms with van der Waals surface area (Å²) in [5.41, 5.74) is 1.36. The van der Waals surface area contributed by atoms with E-state index in [2.05, 4.69) is 28.2 Å². The van der Waals surface area contributed by atoms with Crippen molar-refractivity contribution >= 4 is 11.7 Å². The largest absolute Gasteiger partial charge is 0.347 e. The van der Waals surface area contributed by atoms with Crippen LogP contribution in [-0.2, 0) is 10.3 Å². The lowest BCUT2D eigenvalue weighted by molar-refractivity contribution is -0.132. The lowest BCUT2D eigenvalue weighted by Gasteiger charge is -2.42. The van der Waals surface area contributed by atoms with Crippen molar-refractivity contribution in [3.63, 3.8) is 0 Å². The van der Waals surface area contributed by atoms with Crippen LogP contribution in [-0.4, -0.2) is 47.5 Å². The number of nitrogens with one attached hydrogen (secondary N) is 1. The Hall–Kier alpha value is -2.98. The number of carbonyl (C=O) groups is 1. The molecule has 0 spiro atoms. The molecule has 166 valence electrons. The van der Waals surface area contributed by atoms with E-state index >= 15 is 0 Å². The van der Waals surface area contributed by atoms with E-state index < -0.39 is 0 Å².